The van der Waals surface area contributed by atoms with Crippen molar-refractivity contribution < 1.29 is 13.6 Å². The molecular formula is C19H14BF2N4O3. The molecule has 1 N–H and O–H groups in total. The highest BCUT2D eigenvalue weighted by Crippen LogP contribution is 2.13. The molecule has 0 fully saturated rings. The number of hydrogen-bond acceptors (Lipinski definition) is 5. The lowest BCUT2D eigenvalue weighted by Crippen LogP contribution is -2.25. The second kappa shape index (κ2) is 8.13. The van der Waals surface area contributed by atoms with Gasteiger partial charge in [0.2, 0.25) is 5.56 Å². The molecule has 0 saturated carbocycles. The average Bonchev–Trinajstić information content (AvgIpc) is 2.68. The highest BCUT2D eigenvalue weighted by molar-refractivity contribution is 6.65. The topological polar surface area (TPSA) is 97.7 Å². The number of halogens is 2. The molecule has 0 atom stereocenters. The van der Waals surface area contributed by atoms with E-state index < -0.39 is 5.82 Å². The zero-order chi connectivity index (χ0) is 21.1. The van der Waals surface area contributed by atoms with E-state index in [2.05, 4.69) is 15.0 Å². The van der Waals surface area contributed by atoms with Gasteiger partial charge >= 0.3 is 7.41 Å². The van der Waals surface area contributed by atoms with Gasteiger partial charge in [-0.25, -0.2) is 18.7 Å². The number of aromatic amines is 1. The van der Waals surface area contributed by atoms with E-state index in [-0.39, 0.29) is 22.5 Å². The summed E-state index contributed by atoms with van der Waals surface area (Å²) < 4.78 is 27.3. The van der Waals surface area contributed by atoms with Crippen LogP contribution in [0.15, 0.2) is 46.5 Å². The van der Waals surface area contributed by atoms with Gasteiger partial charge in [-0.05, 0) is 37.1 Å². The summed E-state index contributed by atoms with van der Waals surface area (Å²) in [5, 5.41) is 0.709. The number of fused-ring (bicyclic) bond motifs is 2. The summed E-state index contributed by atoms with van der Waals surface area (Å²) in [6, 6.07) is 5.39. The molecule has 10 heteroatoms. The molecule has 0 aliphatic carbocycles. The van der Waals surface area contributed by atoms with Crippen LogP contribution in [-0.4, -0.2) is 33.0 Å². The molecule has 145 valence electrons. The summed E-state index contributed by atoms with van der Waals surface area (Å²) in [7, 11) is 1.06. The molecule has 4 aromatic rings. The van der Waals surface area contributed by atoms with Crippen LogP contribution in [0.25, 0.3) is 21.8 Å². The van der Waals surface area contributed by atoms with Crippen LogP contribution in [0, 0.1) is 25.5 Å². The smallest absolute Gasteiger partial charge is 0.338 e. The third-order valence-corrected chi connectivity index (χ3v) is 4.21. The maximum atomic E-state index is 13.2. The van der Waals surface area contributed by atoms with Crippen LogP contribution < -0.4 is 11.1 Å². The second-order valence-electron chi connectivity index (χ2n) is 6.21. The number of nitrogens with one attached hydrogen (secondary N) is 1. The van der Waals surface area contributed by atoms with Crippen LogP contribution >= 0.6 is 0 Å². The number of aryl methyl sites for hydroxylation is 2. The summed E-state index contributed by atoms with van der Waals surface area (Å²) in [6.45, 7) is 3.18. The van der Waals surface area contributed by atoms with Crippen molar-refractivity contribution in [1.82, 2.24) is 19.4 Å². The van der Waals surface area contributed by atoms with Crippen molar-refractivity contribution in [3.63, 3.8) is 0 Å². The SMILES string of the molecule is Cc1cc2c(=O)[nH]cnc2cc1F.Cc1cc2c(=O)n([B]C=O)cnc2cc1F. The van der Waals surface area contributed by atoms with E-state index in [1.807, 2.05) is 0 Å². The Labute approximate surface area is 163 Å². The van der Waals surface area contributed by atoms with Gasteiger partial charge in [0.1, 0.15) is 17.8 Å². The van der Waals surface area contributed by atoms with Gasteiger partial charge in [0.05, 0.1) is 34.5 Å². The third kappa shape index (κ3) is 4.10. The lowest BCUT2D eigenvalue weighted by atomic mass is 9.98. The summed E-state index contributed by atoms with van der Waals surface area (Å²) in [5.74, 6) is -0.748. The predicted octanol–water partition coefficient (Wildman–Crippen LogP) is 1.87. The van der Waals surface area contributed by atoms with Crippen LogP contribution in [0.5, 0.6) is 0 Å². The Balaban J connectivity index is 0.000000169. The van der Waals surface area contributed by atoms with E-state index in [1.54, 1.807) is 13.8 Å². The van der Waals surface area contributed by atoms with Gasteiger partial charge in [0.25, 0.3) is 5.56 Å². The van der Waals surface area contributed by atoms with E-state index in [1.165, 1.54) is 36.9 Å². The Hall–Kier alpha value is -3.69. The first-order valence-electron chi connectivity index (χ1n) is 8.41. The average molecular weight is 395 g/mol. The highest BCUT2D eigenvalue weighted by atomic mass is 19.1. The van der Waals surface area contributed by atoms with Crippen molar-refractivity contribution in [2.75, 3.05) is 0 Å². The number of carbonyl (C=O) groups excluding carboxylic acids is 1. The Kier molecular flexibility index (Phi) is 5.63. The summed E-state index contributed by atoms with van der Waals surface area (Å²) in [5.41, 5.74) is 0.852. The first-order chi connectivity index (χ1) is 13.8. The quantitative estimate of drug-likeness (QED) is 0.413. The predicted molar refractivity (Wildman–Crippen MR) is 106 cm³/mol. The van der Waals surface area contributed by atoms with E-state index >= 15 is 0 Å². The number of carbonyl (C=O) groups is 1. The number of H-pyrrole nitrogens is 1. The van der Waals surface area contributed by atoms with Gasteiger partial charge in [-0.1, -0.05) is 0 Å². The first-order valence-corrected chi connectivity index (χ1v) is 8.41. The first kappa shape index (κ1) is 20.1. The highest BCUT2D eigenvalue weighted by Gasteiger charge is 2.08. The van der Waals surface area contributed by atoms with Crippen LogP contribution in [0.3, 0.4) is 0 Å². The van der Waals surface area contributed by atoms with Crippen LogP contribution in [0.2, 0.25) is 0 Å². The monoisotopic (exact) mass is 395 g/mol. The van der Waals surface area contributed by atoms with E-state index in [9.17, 15) is 23.2 Å². The number of benzene rings is 2. The standard InChI is InChI=1S/C10H7BFN2O2.C9H7FN2O/c1-6-2-7-9(3-8(6)12)13-5-14(10(7)16)11-4-15;1-5-2-6-8(3-7(5)10)11-4-12-9(6)13/h2-5H,1H3;2-4H,1H3,(H,11,12,13). The molecule has 29 heavy (non-hydrogen) atoms. The molecule has 2 aromatic carbocycles. The molecule has 0 aliphatic heterocycles. The van der Waals surface area contributed by atoms with Gasteiger partial charge in [0.15, 0.2) is 0 Å². The zero-order valence-electron chi connectivity index (χ0n) is 15.4. The van der Waals surface area contributed by atoms with Gasteiger partial charge in [-0.15, -0.1) is 0 Å². The molecular weight excluding hydrogens is 381 g/mol. The number of rotatable bonds is 2. The Morgan fingerprint density at radius 1 is 0.966 bits per heavy atom. The number of hydrogen-bond donors (Lipinski definition) is 1. The molecule has 1 radical (unpaired) electrons. The summed E-state index contributed by atoms with van der Waals surface area (Å²) in [6.07, 6.45) is 2.94. The Morgan fingerprint density at radius 2 is 1.55 bits per heavy atom. The minimum atomic E-state index is -0.406. The van der Waals surface area contributed by atoms with E-state index in [0.29, 0.717) is 33.6 Å². The molecule has 0 saturated heterocycles. The fourth-order valence-corrected chi connectivity index (χ4v) is 2.63. The van der Waals surface area contributed by atoms with Gasteiger partial charge in [-0.3, -0.25) is 9.59 Å². The zero-order valence-corrected chi connectivity index (χ0v) is 15.4. The summed E-state index contributed by atoms with van der Waals surface area (Å²) in [4.78, 5) is 43.5. The Morgan fingerprint density at radius 3 is 2.17 bits per heavy atom. The minimum absolute atomic E-state index is 0.242. The van der Waals surface area contributed by atoms with Gasteiger partial charge in [0, 0.05) is 12.1 Å². The molecule has 2 heterocycles. The molecule has 0 unspecified atom stereocenters. The lowest BCUT2D eigenvalue weighted by molar-refractivity contribution is 0.568. The molecule has 7 nitrogen and oxygen atoms in total. The summed E-state index contributed by atoms with van der Waals surface area (Å²) >= 11 is 0. The van der Waals surface area contributed by atoms with Crippen molar-refractivity contribution in [3.8, 4) is 0 Å². The number of nitrogens with zero attached hydrogens (tertiary/aromatic N) is 3. The van der Waals surface area contributed by atoms with Crippen molar-refractivity contribution in [2.45, 2.75) is 13.8 Å². The molecule has 0 aliphatic rings. The second-order valence-corrected chi connectivity index (χ2v) is 6.21. The van der Waals surface area contributed by atoms with Gasteiger partial charge in [-0.2, -0.15) is 0 Å². The fraction of sp³-hybridized carbons (Fsp3) is 0.105. The minimum Gasteiger partial charge on any atom is -0.340 e. The van der Waals surface area contributed by atoms with Crippen molar-refractivity contribution in [1.29, 1.82) is 0 Å². The van der Waals surface area contributed by atoms with Crippen LogP contribution in [0.1, 0.15) is 11.1 Å². The molecule has 0 bridgehead atoms. The molecule has 0 amide bonds. The van der Waals surface area contributed by atoms with Crippen molar-refractivity contribution in [2.24, 2.45) is 0 Å². The third-order valence-electron chi connectivity index (χ3n) is 4.21. The molecule has 4 rings (SSSR count). The van der Waals surface area contributed by atoms with Crippen molar-refractivity contribution >= 4 is 35.4 Å². The van der Waals surface area contributed by atoms with Crippen LogP contribution in [0.4, 0.5) is 8.78 Å². The number of aromatic nitrogens is 4. The van der Waals surface area contributed by atoms with Crippen LogP contribution in [-0.2, 0) is 4.79 Å². The molecule has 0 spiro atoms. The normalized spacial score (nSPS) is 10.5. The largest absolute Gasteiger partial charge is 0.340 e. The van der Waals surface area contributed by atoms with E-state index in [0.717, 1.165) is 11.9 Å². The molecule has 2 aromatic heterocycles. The maximum Gasteiger partial charge on any atom is 0.338 e. The van der Waals surface area contributed by atoms with Crippen molar-refractivity contribution in [3.05, 3.63) is 80.4 Å². The maximum absolute atomic E-state index is 13.2. The lowest BCUT2D eigenvalue weighted by Gasteiger charge is -2.03. The Bertz CT molecular complexity index is 1350. The fourth-order valence-electron chi connectivity index (χ4n) is 2.63. The van der Waals surface area contributed by atoms with Gasteiger partial charge < -0.3 is 14.3 Å². The van der Waals surface area contributed by atoms with E-state index in [4.69, 9.17) is 0 Å².